The predicted octanol–water partition coefficient (Wildman–Crippen LogP) is 1.95. The summed E-state index contributed by atoms with van der Waals surface area (Å²) in [7, 11) is 1.64. The Labute approximate surface area is 132 Å². The summed E-state index contributed by atoms with van der Waals surface area (Å²) in [5.41, 5.74) is 1.11. The normalized spacial score (nSPS) is 21.0. The van der Waals surface area contributed by atoms with Crippen LogP contribution in [0.15, 0.2) is 24.3 Å². The number of rotatable bonds is 2. The number of aliphatic hydroxyl groups is 1. The molecule has 1 saturated heterocycles. The summed E-state index contributed by atoms with van der Waals surface area (Å²) < 4.78 is 29.0. The first-order valence-electron chi connectivity index (χ1n) is 7.31. The van der Waals surface area contributed by atoms with E-state index in [1.54, 1.807) is 20.0 Å². The first-order valence-corrected chi connectivity index (χ1v) is 7.31. The monoisotopic (exact) mass is 321 g/mol. The molecule has 1 amide bonds. The van der Waals surface area contributed by atoms with E-state index in [2.05, 4.69) is 5.10 Å². The molecule has 1 aromatic carbocycles. The van der Waals surface area contributed by atoms with Gasteiger partial charge in [0, 0.05) is 19.2 Å². The lowest BCUT2D eigenvalue weighted by molar-refractivity contribution is 0.0702. The molecule has 0 bridgehead atoms. The molecule has 122 valence electrons. The van der Waals surface area contributed by atoms with Crippen LogP contribution in [0.4, 0.5) is 8.78 Å². The minimum atomic E-state index is -0.777. The molecule has 0 saturated carbocycles. The summed E-state index contributed by atoms with van der Waals surface area (Å²) in [5.74, 6) is -1.53. The first-order chi connectivity index (χ1) is 10.9. The fraction of sp³-hybridized carbons (Fsp3) is 0.375. The largest absolute Gasteiger partial charge is 0.391 e. The van der Waals surface area contributed by atoms with Crippen molar-refractivity contribution in [1.82, 2.24) is 14.7 Å². The van der Waals surface area contributed by atoms with Crippen molar-refractivity contribution in [2.75, 3.05) is 6.54 Å². The van der Waals surface area contributed by atoms with E-state index >= 15 is 0 Å². The molecule has 0 aliphatic carbocycles. The molecule has 1 aliphatic heterocycles. The van der Waals surface area contributed by atoms with E-state index in [0.717, 1.165) is 18.2 Å². The van der Waals surface area contributed by atoms with Gasteiger partial charge in [-0.25, -0.2) is 8.78 Å². The van der Waals surface area contributed by atoms with Crippen LogP contribution in [-0.4, -0.2) is 38.3 Å². The Bertz CT molecular complexity index is 760. The summed E-state index contributed by atoms with van der Waals surface area (Å²) >= 11 is 0. The molecular formula is C16H17F2N3O2. The third kappa shape index (κ3) is 2.84. The van der Waals surface area contributed by atoms with Crippen molar-refractivity contribution in [3.05, 3.63) is 52.9 Å². The summed E-state index contributed by atoms with van der Waals surface area (Å²) in [6.07, 6.45) is -0.607. The van der Waals surface area contributed by atoms with Gasteiger partial charge >= 0.3 is 0 Å². The number of aromatic nitrogens is 2. The molecule has 0 radical (unpaired) electrons. The van der Waals surface area contributed by atoms with Gasteiger partial charge in [-0.05, 0) is 37.6 Å². The number of β-amino-alcohol motifs (C(OH)–C–C–N with tert-alkyl or cyclic N) is 1. The van der Waals surface area contributed by atoms with Crippen LogP contribution >= 0.6 is 0 Å². The second-order valence-electron chi connectivity index (χ2n) is 5.82. The highest BCUT2D eigenvalue weighted by Gasteiger charge is 2.38. The average Bonchev–Trinajstić information content (AvgIpc) is 3.03. The number of halogens is 2. The molecule has 0 unspecified atom stereocenters. The van der Waals surface area contributed by atoms with Crippen LogP contribution < -0.4 is 0 Å². The van der Waals surface area contributed by atoms with Gasteiger partial charge in [0.15, 0.2) is 0 Å². The van der Waals surface area contributed by atoms with E-state index in [9.17, 15) is 18.7 Å². The highest BCUT2D eigenvalue weighted by Crippen LogP contribution is 2.35. The van der Waals surface area contributed by atoms with E-state index in [1.807, 2.05) is 0 Å². The number of carbonyl (C=O) groups excluding carboxylic acids is 1. The maximum Gasteiger partial charge on any atom is 0.272 e. The van der Waals surface area contributed by atoms with Gasteiger partial charge in [-0.3, -0.25) is 9.48 Å². The number of nitrogens with zero attached hydrogens (tertiary/aromatic N) is 3. The van der Waals surface area contributed by atoms with Gasteiger partial charge in [-0.1, -0.05) is 0 Å². The number of amides is 1. The van der Waals surface area contributed by atoms with E-state index in [4.69, 9.17) is 0 Å². The molecule has 5 nitrogen and oxygen atoms in total. The standard InChI is InChI=1S/C16H17F2N3O2/c1-9-5-15(20(2)19-9)16(23)21-8-11(22)7-14(21)12-6-10(17)3-4-13(12)18/h3-6,11,14,22H,7-8H2,1-2H3/t11-,14+/m0/s1. The fourth-order valence-electron chi connectivity index (χ4n) is 3.06. The molecule has 23 heavy (non-hydrogen) atoms. The van der Waals surface area contributed by atoms with Crippen LogP contribution in [0.3, 0.4) is 0 Å². The summed E-state index contributed by atoms with van der Waals surface area (Å²) in [5, 5.41) is 14.1. The molecule has 1 fully saturated rings. The van der Waals surface area contributed by atoms with E-state index in [1.165, 1.54) is 9.58 Å². The third-order valence-electron chi connectivity index (χ3n) is 4.08. The third-order valence-corrected chi connectivity index (χ3v) is 4.08. The van der Waals surface area contributed by atoms with Gasteiger partial charge in [0.2, 0.25) is 0 Å². The van der Waals surface area contributed by atoms with E-state index < -0.39 is 23.8 Å². The van der Waals surface area contributed by atoms with Crippen LogP contribution in [0.1, 0.15) is 34.2 Å². The minimum absolute atomic E-state index is 0.0731. The SMILES string of the molecule is Cc1cc(C(=O)N2C[C@@H](O)C[C@@H]2c2cc(F)ccc2F)n(C)n1. The van der Waals surface area contributed by atoms with Crippen LogP contribution in [0.5, 0.6) is 0 Å². The highest BCUT2D eigenvalue weighted by atomic mass is 19.1. The second kappa shape index (κ2) is 5.73. The van der Waals surface area contributed by atoms with Crippen molar-refractivity contribution < 1.29 is 18.7 Å². The van der Waals surface area contributed by atoms with Gasteiger partial charge < -0.3 is 10.0 Å². The zero-order valence-electron chi connectivity index (χ0n) is 12.8. The molecule has 3 rings (SSSR count). The maximum absolute atomic E-state index is 14.1. The minimum Gasteiger partial charge on any atom is -0.391 e. The highest BCUT2D eigenvalue weighted by molar-refractivity contribution is 5.93. The Hall–Kier alpha value is -2.28. The predicted molar refractivity (Wildman–Crippen MR) is 78.7 cm³/mol. The van der Waals surface area contributed by atoms with Crippen LogP contribution in [-0.2, 0) is 7.05 Å². The van der Waals surface area contributed by atoms with Crippen LogP contribution in [0.2, 0.25) is 0 Å². The molecule has 2 aromatic rings. The van der Waals surface area contributed by atoms with E-state index in [0.29, 0.717) is 11.4 Å². The van der Waals surface area contributed by atoms with Crippen molar-refractivity contribution in [2.45, 2.75) is 25.5 Å². The Morgan fingerprint density at radius 2 is 2.09 bits per heavy atom. The average molecular weight is 321 g/mol. The van der Waals surface area contributed by atoms with Gasteiger partial charge in [0.1, 0.15) is 17.3 Å². The molecule has 2 heterocycles. The van der Waals surface area contributed by atoms with Crippen molar-refractivity contribution >= 4 is 5.91 Å². The molecule has 1 aromatic heterocycles. The zero-order valence-corrected chi connectivity index (χ0v) is 12.8. The quantitative estimate of drug-likeness (QED) is 0.920. The Kier molecular flexibility index (Phi) is 3.89. The van der Waals surface area contributed by atoms with Crippen LogP contribution in [0, 0.1) is 18.6 Å². The molecule has 2 atom stereocenters. The smallest absolute Gasteiger partial charge is 0.272 e. The molecular weight excluding hydrogens is 304 g/mol. The summed E-state index contributed by atoms with van der Waals surface area (Å²) in [6.45, 7) is 1.84. The number of carbonyl (C=O) groups is 1. The Morgan fingerprint density at radius 3 is 2.74 bits per heavy atom. The van der Waals surface area contributed by atoms with Crippen molar-refractivity contribution in [2.24, 2.45) is 7.05 Å². The molecule has 7 heteroatoms. The number of aryl methyl sites for hydroxylation is 2. The fourth-order valence-corrected chi connectivity index (χ4v) is 3.06. The first kappa shape index (κ1) is 15.6. The molecule has 0 spiro atoms. The van der Waals surface area contributed by atoms with Crippen molar-refractivity contribution in [3.8, 4) is 0 Å². The van der Waals surface area contributed by atoms with Gasteiger partial charge in [0.05, 0.1) is 17.8 Å². The lowest BCUT2D eigenvalue weighted by Crippen LogP contribution is -2.33. The lowest BCUT2D eigenvalue weighted by atomic mass is 10.0. The number of likely N-dealkylation sites (tertiary alicyclic amines) is 1. The number of hydrogen-bond donors (Lipinski definition) is 1. The lowest BCUT2D eigenvalue weighted by Gasteiger charge is -2.25. The van der Waals surface area contributed by atoms with Crippen molar-refractivity contribution in [3.63, 3.8) is 0 Å². The van der Waals surface area contributed by atoms with Crippen molar-refractivity contribution in [1.29, 1.82) is 0 Å². The topological polar surface area (TPSA) is 58.4 Å². The molecule has 1 aliphatic rings. The van der Waals surface area contributed by atoms with Gasteiger partial charge in [0.25, 0.3) is 5.91 Å². The summed E-state index contributed by atoms with van der Waals surface area (Å²) in [6, 6.07) is 4.06. The second-order valence-corrected chi connectivity index (χ2v) is 5.82. The van der Waals surface area contributed by atoms with Crippen LogP contribution in [0.25, 0.3) is 0 Å². The number of benzene rings is 1. The summed E-state index contributed by atoms with van der Waals surface area (Å²) in [4.78, 5) is 14.1. The Balaban J connectivity index is 1.98. The zero-order chi connectivity index (χ0) is 16.7. The Morgan fingerprint density at radius 1 is 1.35 bits per heavy atom. The number of hydrogen-bond acceptors (Lipinski definition) is 3. The van der Waals surface area contributed by atoms with Gasteiger partial charge in [-0.15, -0.1) is 0 Å². The number of aliphatic hydroxyl groups excluding tert-OH is 1. The van der Waals surface area contributed by atoms with E-state index in [-0.39, 0.29) is 24.4 Å². The van der Waals surface area contributed by atoms with Gasteiger partial charge in [-0.2, -0.15) is 5.10 Å². The maximum atomic E-state index is 14.1. The molecule has 1 N–H and O–H groups in total.